The summed E-state index contributed by atoms with van der Waals surface area (Å²) in [4.78, 5) is 30.7. The quantitative estimate of drug-likeness (QED) is 0.462. The lowest BCUT2D eigenvalue weighted by Gasteiger charge is -2.35. The molecule has 0 saturated carbocycles. The smallest absolute Gasteiger partial charge is 0.415 e. The van der Waals surface area contributed by atoms with Crippen molar-refractivity contribution in [2.45, 2.75) is 58.9 Å². The molecule has 0 atom stereocenters. The normalized spacial score (nSPS) is 15.1. The fraction of sp³-hybridized carbons (Fsp3) is 0.448. The van der Waals surface area contributed by atoms with Gasteiger partial charge in [0.15, 0.2) is 9.84 Å². The molecule has 3 aromatic rings. The van der Waals surface area contributed by atoms with Crippen LogP contribution in [0.4, 0.5) is 27.8 Å². The molecule has 218 valence electrons. The first-order valence-electron chi connectivity index (χ1n) is 13.5. The number of aromatic nitrogens is 3. The molecule has 0 bridgehead atoms. The van der Waals surface area contributed by atoms with Gasteiger partial charge >= 0.3 is 6.09 Å². The summed E-state index contributed by atoms with van der Waals surface area (Å²) in [5, 5.41) is 3.25. The number of benzene rings is 1. The van der Waals surface area contributed by atoms with Crippen LogP contribution in [0.3, 0.4) is 0 Å². The van der Waals surface area contributed by atoms with E-state index in [4.69, 9.17) is 14.5 Å². The first-order valence-corrected chi connectivity index (χ1v) is 15.6. The lowest BCUT2D eigenvalue weighted by atomic mass is 10.0. The average molecular weight is 581 g/mol. The zero-order chi connectivity index (χ0) is 29.5. The van der Waals surface area contributed by atoms with E-state index in [2.05, 4.69) is 20.2 Å². The molecular formula is C29H36N6O5S. The highest BCUT2D eigenvalue weighted by molar-refractivity contribution is 7.89. The van der Waals surface area contributed by atoms with Gasteiger partial charge in [0.2, 0.25) is 11.8 Å². The molecule has 0 fully saturated rings. The van der Waals surface area contributed by atoms with Gasteiger partial charge in [-0.05, 0) is 69.9 Å². The molecule has 5 rings (SSSR count). The van der Waals surface area contributed by atoms with E-state index in [1.807, 2.05) is 59.0 Å². The number of hydrogen-bond donors (Lipinski definition) is 1. The van der Waals surface area contributed by atoms with Gasteiger partial charge in [-0.3, -0.25) is 4.90 Å². The van der Waals surface area contributed by atoms with Gasteiger partial charge in [0.05, 0.1) is 36.4 Å². The van der Waals surface area contributed by atoms with Crippen LogP contribution in [0.1, 0.15) is 48.7 Å². The number of nitrogens with zero attached hydrogens (tertiary/aromatic N) is 5. The highest BCUT2D eigenvalue weighted by Gasteiger charge is 2.32. The number of hydrogen-bond acceptors (Lipinski definition) is 10. The van der Waals surface area contributed by atoms with E-state index in [0.717, 1.165) is 52.3 Å². The fourth-order valence-electron chi connectivity index (χ4n) is 5.06. The summed E-state index contributed by atoms with van der Waals surface area (Å²) in [6.07, 6.45) is 5.21. The van der Waals surface area contributed by atoms with E-state index < -0.39 is 21.5 Å². The highest BCUT2D eigenvalue weighted by atomic mass is 32.2. The molecule has 1 N–H and O–H groups in total. The van der Waals surface area contributed by atoms with Gasteiger partial charge in [0, 0.05) is 30.2 Å². The van der Waals surface area contributed by atoms with Crippen LogP contribution in [0, 0.1) is 13.8 Å². The topological polar surface area (TPSA) is 127 Å². The Hall–Kier alpha value is -3.93. The molecular weight excluding hydrogens is 544 g/mol. The van der Waals surface area contributed by atoms with E-state index in [1.165, 1.54) is 6.26 Å². The molecule has 2 aliphatic heterocycles. The van der Waals surface area contributed by atoms with Crippen LogP contribution < -0.4 is 19.9 Å². The molecule has 41 heavy (non-hydrogen) atoms. The zero-order valence-electron chi connectivity index (χ0n) is 24.3. The van der Waals surface area contributed by atoms with Crippen molar-refractivity contribution in [3.8, 4) is 5.88 Å². The Balaban J connectivity index is 1.37. The SMILES string of the molecule is Cc1cc(Nc2ncc3c(n2)CN(c2cnc4c(c2C)N(C(=O)OC(C)(C)C)CCO4)CC3)ccc1CS(C)(=O)=O. The molecule has 1 amide bonds. The molecule has 11 nitrogen and oxygen atoms in total. The van der Waals surface area contributed by atoms with Gasteiger partial charge in [-0.2, -0.15) is 0 Å². The van der Waals surface area contributed by atoms with Crippen molar-refractivity contribution in [2.75, 3.05) is 41.1 Å². The van der Waals surface area contributed by atoms with Crippen LogP contribution >= 0.6 is 0 Å². The van der Waals surface area contributed by atoms with Crippen molar-refractivity contribution in [1.29, 1.82) is 0 Å². The number of fused-ring (bicyclic) bond motifs is 2. The van der Waals surface area contributed by atoms with Crippen molar-refractivity contribution in [2.24, 2.45) is 0 Å². The van der Waals surface area contributed by atoms with E-state index in [-0.39, 0.29) is 5.75 Å². The predicted molar refractivity (Wildman–Crippen MR) is 158 cm³/mol. The first-order chi connectivity index (χ1) is 19.3. The molecule has 0 aliphatic carbocycles. The summed E-state index contributed by atoms with van der Waals surface area (Å²) < 4.78 is 34.9. The number of rotatable bonds is 5. The van der Waals surface area contributed by atoms with Gasteiger partial charge < -0.3 is 19.7 Å². The number of sulfone groups is 1. The monoisotopic (exact) mass is 580 g/mol. The van der Waals surface area contributed by atoms with Crippen LogP contribution in [0.2, 0.25) is 0 Å². The maximum atomic E-state index is 13.0. The Kier molecular flexibility index (Phi) is 7.54. The predicted octanol–water partition coefficient (Wildman–Crippen LogP) is 4.47. The summed E-state index contributed by atoms with van der Waals surface area (Å²) >= 11 is 0. The van der Waals surface area contributed by atoms with E-state index >= 15 is 0 Å². The summed E-state index contributed by atoms with van der Waals surface area (Å²) in [5.74, 6) is 0.890. The molecule has 4 heterocycles. The Bertz CT molecular complexity index is 1600. The lowest BCUT2D eigenvalue weighted by Crippen LogP contribution is -2.42. The Morgan fingerprint density at radius 2 is 1.93 bits per heavy atom. The second-order valence-electron chi connectivity index (χ2n) is 11.6. The summed E-state index contributed by atoms with van der Waals surface area (Å²) in [6.45, 7) is 11.4. The second kappa shape index (κ2) is 10.8. The number of aryl methyl sites for hydroxylation is 1. The summed E-state index contributed by atoms with van der Waals surface area (Å²) in [7, 11) is -3.12. The molecule has 1 aromatic carbocycles. The number of ether oxygens (including phenoxy) is 2. The number of carbonyl (C=O) groups is 1. The van der Waals surface area contributed by atoms with Gasteiger partial charge in [0.25, 0.3) is 0 Å². The molecule has 2 aliphatic rings. The average Bonchev–Trinajstić information content (AvgIpc) is 2.88. The fourth-order valence-corrected chi connectivity index (χ4v) is 5.95. The number of carbonyl (C=O) groups excluding carboxylic acids is 1. The summed E-state index contributed by atoms with van der Waals surface area (Å²) in [5.41, 5.74) is 6.21. The highest BCUT2D eigenvalue weighted by Crippen LogP contribution is 2.39. The van der Waals surface area contributed by atoms with Gasteiger partial charge in [0.1, 0.15) is 17.9 Å². The molecule has 12 heteroatoms. The Morgan fingerprint density at radius 1 is 1.15 bits per heavy atom. The van der Waals surface area contributed by atoms with Crippen LogP contribution in [0.15, 0.2) is 30.6 Å². The van der Waals surface area contributed by atoms with E-state index in [1.54, 1.807) is 11.1 Å². The third-order valence-corrected chi connectivity index (χ3v) is 7.82. The van der Waals surface area contributed by atoms with Gasteiger partial charge in [-0.25, -0.2) is 28.2 Å². The maximum absolute atomic E-state index is 13.0. The van der Waals surface area contributed by atoms with E-state index in [0.29, 0.717) is 37.2 Å². The first kappa shape index (κ1) is 28.6. The zero-order valence-corrected chi connectivity index (χ0v) is 25.1. The number of nitrogens with one attached hydrogen (secondary N) is 1. The minimum atomic E-state index is -3.12. The molecule has 2 aromatic heterocycles. The van der Waals surface area contributed by atoms with Crippen molar-refractivity contribution in [3.63, 3.8) is 0 Å². The molecule has 0 unspecified atom stereocenters. The standard InChI is InChI=1S/C29H36N6O5S/c1-18-13-22(8-7-21(18)17-41(6,37)38)32-27-31-14-20-9-10-34(16-23(20)33-27)24-15-30-26-25(19(24)2)35(11-12-39-26)28(36)40-29(3,4)5/h7-8,13-15H,9-12,16-17H2,1-6H3,(H,31,32,33). The van der Waals surface area contributed by atoms with Gasteiger partial charge in [-0.1, -0.05) is 6.07 Å². The van der Waals surface area contributed by atoms with Crippen molar-refractivity contribution >= 4 is 38.9 Å². The number of anilines is 4. The Labute approximate surface area is 240 Å². The third-order valence-electron chi connectivity index (χ3n) is 6.99. The van der Waals surface area contributed by atoms with E-state index in [9.17, 15) is 13.2 Å². The molecule has 0 radical (unpaired) electrons. The van der Waals surface area contributed by atoms with Crippen molar-refractivity contribution in [1.82, 2.24) is 15.0 Å². The summed E-state index contributed by atoms with van der Waals surface area (Å²) in [6, 6.07) is 5.55. The second-order valence-corrected chi connectivity index (χ2v) is 13.7. The third kappa shape index (κ3) is 6.53. The minimum Gasteiger partial charge on any atom is -0.474 e. The van der Waals surface area contributed by atoms with Crippen molar-refractivity contribution in [3.05, 3.63) is 58.5 Å². The van der Waals surface area contributed by atoms with Crippen LogP contribution in [-0.2, 0) is 33.3 Å². The van der Waals surface area contributed by atoms with Crippen LogP contribution in [-0.4, -0.2) is 61.0 Å². The minimum absolute atomic E-state index is 0.00290. The van der Waals surface area contributed by atoms with Crippen LogP contribution in [0.25, 0.3) is 0 Å². The molecule has 0 spiro atoms. The van der Waals surface area contributed by atoms with Crippen molar-refractivity contribution < 1.29 is 22.7 Å². The Morgan fingerprint density at radius 3 is 2.63 bits per heavy atom. The van der Waals surface area contributed by atoms with Crippen LogP contribution in [0.5, 0.6) is 5.88 Å². The largest absolute Gasteiger partial charge is 0.474 e. The number of amides is 1. The van der Waals surface area contributed by atoms with Gasteiger partial charge in [-0.15, -0.1) is 0 Å². The number of pyridine rings is 1. The maximum Gasteiger partial charge on any atom is 0.415 e. The molecule has 0 saturated heterocycles. The lowest BCUT2D eigenvalue weighted by molar-refractivity contribution is 0.0566.